The molecule has 4 aromatic rings. The van der Waals surface area contributed by atoms with Crippen molar-refractivity contribution in [3.05, 3.63) is 71.0 Å². The van der Waals surface area contributed by atoms with Crippen LogP contribution in [0.5, 0.6) is 0 Å². The number of aromatic nitrogens is 3. The fourth-order valence-corrected chi connectivity index (χ4v) is 4.78. The number of nitrogens with zero attached hydrogens (tertiary/aromatic N) is 3. The van der Waals surface area contributed by atoms with Gasteiger partial charge in [0.2, 0.25) is 0 Å². The Morgan fingerprint density at radius 3 is 2.41 bits per heavy atom. The van der Waals surface area contributed by atoms with Crippen LogP contribution in [-0.2, 0) is 16.4 Å². The molecule has 0 unspecified atom stereocenters. The van der Waals surface area contributed by atoms with Crippen LogP contribution in [-0.4, -0.2) is 35.8 Å². The zero-order valence-electron chi connectivity index (χ0n) is 19.3. The van der Waals surface area contributed by atoms with Gasteiger partial charge in [-0.25, -0.2) is 13.4 Å². The predicted octanol–water partition coefficient (Wildman–Crippen LogP) is 5.82. The van der Waals surface area contributed by atoms with Crippen molar-refractivity contribution >= 4 is 21.4 Å². The van der Waals surface area contributed by atoms with Gasteiger partial charge in [0.15, 0.2) is 15.6 Å². The first-order chi connectivity index (χ1) is 16.2. The standard InChI is InChI=1S/C25H25ClN4O3S.2H2/c1-15(2)34(31,32)20-9-7-17(8-10-20)23-14-28-16(3)25(29-23)24-12-22(30-33-24)18-5-6-19(13-27-4)21(26)11-18;;/h5-12,14-15,27H,13H2,1-4H3;2*1H. The van der Waals surface area contributed by atoms with Gasteiger partial charge in [-0.3, -0.25) is 4.98 Å². The third-order valence-corrected chi connectivity index (χ3v) is 8.04. The van der Waals surface area contributed by atoms with Gasteiger partial charge in [0.05, 0.1) is 27.7 Å². The Hall–Kier alpha value is -3.07. The molecule has 0 radical (unpaired) electrons. The Kier molecular flexibility index (Phi) is 6.84. The molecule has 0 atom stereocenters. The van der Waals surface area contributed by atoms with E-state index >= 15 is 0 Å². The molecule has 0 saturated heterocycles. The van der Waals surface area contributed by atoms with E-state index in [0.717, 1.165) is 16.7 Å². The summed E-state index contributed by atoms with van der Waals surface area (Å²) in [5.74, 6) is 0.483. The molecule has 7 nitrogen and oxygen atoms in total. The van der Waals surface area contributed by atoms with E-state index in [1.165, 1.54) is 0 Å². The molecule has 0 fully saturated rings. The lowest BCUT2D eigenvalue weighted by atomic mass is 10.1. The molecule has 1 N–H and O–H groups in total. The minimum Gasteiger partial charge on any atom is -0.354 e. The van der Waals surface area contributed by atoms with Crippen molar-refractivity contribution in [3.8, 4) is 34.0 Å². The predicted molar refractivity (Wildman–Crippen MR) is 137 cm³/mol. The average molecular weight is 501 g/mol. The summed E-state index contributed by atoms with van der Waals surface area (Å²) in [5, 5.41) is 7.44. The summed E-state index contributed by atoms with van der Waals surface area (Å²) in [7, 11) is -1.47. The van der Waals surface area contributed by atoms with Crippen molar-refractivity contribution in [2.24, 2.45) is 0 Å². The zero-order chi connectivity index (χ0) is 24.5. The fraction of sp³-hybridized carbons (Fsp3) is 0.240. The van der Waals surface area contributed by atoms with Crippen LogP contribution in [0.4, 0.5) is 0 Å². The lowest BCUT2D eigenvalue weighted by Crippen LogP contribution is -2.13. The molecule has 9 heteroatoms. The van der Waals surface area contributed by atoms with Gasteiger partial charge in [-0.15, -0.1) is 0 Å². The second kappa shape index (κ2) is 9.66. The lowest BCUT2D eigenvalue weighted by Gasteiger charge is -2.09. The van der Waals surface area contributed by atoms with Crippen molar-refractivity contribution < 1.29 is 15.8 Å². The molecular formula is C25H29ClN4O3S. The van der Waals surface area contributed by atoms with Crippen molar-refractivity contribution in [2.45, 2.75) is 37.5 Å². The summed E-state index contributed by atoms with van der Waals surface area (Å²) >= 11 is 6.39. The maximum atomic E-state index is 12.4. The highest BCUT2D eigenvalue weighted by Gasteiger charge is 2.20. The highest BCUT2D eigenvalue weighted by Crippen LogP contribution is 2.30. The third-order valence-electron chi connectivity index (χ3n) is 5.51. The first-order valence-corrected chi connectivity index (χ1v) is 12.7. The van der Waals surface area contributed by atoms with Crippen LogP contribution in [0.15, 0.2) is 64.1 Å². The van der Waals surface area contributed by atoms with Gasteiger partial charge in [0.1, 0.15) is 11.4 Å². The molecule has 2 aromatic heterocycles. The highest BCUT2D eigenvalue weighted by atomic mass is 35.5. The first-order valence-electron chi connectivity index (χ1n) is 10.8. The largest absolute Gasteiger partial charge is 0.354 e. The Labute approximate surface area is 207 Å². The molecule has 0 saturated carbocycles. The quantitative estimate of drug-likeness (QED) is 0.341. The summed E-state index contributed by atoms with van der Waals surface area (Å²) in [5.41, 5.74) is 5.08. The SMILES string of the molecule is CNCc1ccc(-c2cc(-c3nc(-c4ccc(S(=O)(=O)C(C)C)cc4)cnc3C)on2)cc1Cl.[HH].[HH]. The summed E-state index contributed by atoms with van der Waals surface area (Å²) in [6.45, 7) is 5.85. The van der Waals surface area contributed by atoms with E-state index in [0.29, 0.717) is 40.1 Å². The lowest BCUT2D eigenvalue weighted by molar-refractivity contribution is 0.433. The van der Waals surface area contributed by atoms with Crippen LogP contribution in [0.1, 0.15) is 28.0 Å². The molecule has 0 amide bonds. The Balaban J connectivity index is 0.00000228. The molecular weight excluding hydrogens is 472 g/mol. The number of hydrogen-bond acceptors (Lipinski definition) is 7. The Morgan fingerprint density at radius 1 is 1.06 bits per heavy atom. The molecule has 34 heavy (non-hydrogen) atoms. The molecule has 0 aliphatic heterocycles. The molecule has 0 bridgehead atoms. The molecule has 0 aliphatic rings. The van der Waals surface area contributed by atoms with E-state index < -0.39 is 15.1 Å². The van der Waals surface area contributed by atoms with E-state index in [-0.39, 0.29) is 7.75 Å². The Morgan fingerprint density at radius 2 is 1.76 bits per heavy atom. The maximum Gasteiger partial charge on any atom is 0.187 e. The fourth-order valence-electron chi connectivity index (χ4n) is 3.47. The minimum atomic E-state index is -3.34. The van der Waals surface area contributed by atoms with Gasteiger partial charge in [-0.05, 0) is 51.6 Å². The second-order valence-corrected chi connectivity index (χ2v) is 11.1. The monoisotopic (exact) mass is 500 g/mol. The van der Waals surface area contributed by atoms with Crippen molar-refractivity contribution in [3.63, 3.8) is 0 Å². The molecule has 0 spiro atoms. The molecule has 2 heterocycles. The number of aryl methyl sites for hydroxylation is 1. The van der Waals surface area contributed by atoms with Crippen molar-refractivity contribution in [1.82, 2.24) is 20.4 Å². The number of sulfone groups is 1. The molecule has 4 rings (SSSR count). The van der Waals surface area contributed by atoms with Gasteiger partial charge >= 0.3 is 0 Å². The van der Waals surface area contributed by atoms with E-state index in [9.17, 15) is 8.42 Å². The Bertz CT molecular complexity index is 1440. The van der Waals surface area contributed by atoms with E-state index in [1.54, 1.807) is 44.3 Å². The van der Waals surface area contributed by atoms with Crippen LogP contribution in [0.3, 0.4) is 0 Å². The molecule has 2 aromatic carbocycles. The van der Waals surface area contributed by atoms with Gasteiger partial charge in [0.25, 0.3) is 0 Å². The maximum absolute atomic E-state index is 12.4. The van der Waals surface area contributed by atoms with Crippen LogP contribution >= 0.6 is 11.6 Å². The number of nitrogens with one attached hydrogen (secondary N) is 1. The average Bonchev–Trinajstić information content (AvgIpc) is 3.31. The van der Waals surface area contributed by atoms with Crippen molar-refractivity contribution in [2.75, 3.05) is 7.05 Å². The van der Waals surface area contributed by atoms with Crippen LogP contribution in [0.2, 0.25) is 5.02 Å². The number of hydrogen-bond donors (Lipinski definition) is 1. The van der Waals surface area contributed by atoms with Crippen LogP contribution in [0, 0.1) is 6.92 Å². The van der Waals surface area contributed by atoms with E-state index in [1.807, 2.05) is 38.2 Å². The highest BCUT2D eigenvalue weighted by molar-refractivity contribution is 7.92. The molecule has 180 valence electrons. The second-order valence-electron chi connectivity index (χ2n) is 8.22. The van der Waals surface area contributed by atoms with Crippen LogP contribution < -0.4 is 5.32 Å². The normalized spacial score (nSPS) is 11.8. The van der Waals surface area contributed by atoms with Crippen LogP contribution in [0.25, 0.3) is 34.0 Å². The third kappa shape index (κ3) is 4.75. The number of rotatable bonds is 7. The van der Waals surface area contributed by atoms with E-state index in [4.69, 9.17) is 21.1 Å². The molecule has 0 aliphatic carbocycles. The smallest absolute Gasteiger partial charge is 0.187 e. The summed E-state index contributed by atoms with van der Waals surface area (Å²) < 4.78 is 30.4. The summed E-state index contributed by atoms with van der Waals surface area (Å²) in [4.78, 5) is 9.47. The van der Waals surface area contributed by atoms with Crippen molar-refractivity contribution in [1.29, 1.82) is 0 Å². The van der Waals surface area contributed by atoms with Gasteiger partial charge < -0.3 is 9.84 Å². The van der Waals surface area contributed by atoms with Gasteiger partial charge in [-0.2, -0.15) is 0 Å². The van der Waals surface area contributed by atoms with E-state index in [2.05, 4.69) is 15.5 Å². The topological polar surface area (TPSA) is 98.0 Å². The first kappa shape index (κ1) is 24.1. The number of benzene rings is 2. The van der Waals surface area contributed by atoms with Gasteiger partial charge in [0, 0.05) is 31.6 Å². The summed E-state index contributed by atoms with van der Waals surface area (Å²) in [6.07, 6.45) is 1.66. The minimum absolute atomic E-state index is 0. The number of halogens is 1. The van der Waals surface area contributed by atoms with Gasteiger partial charge in [-0.1, -0.05) is 41.0 Å². The summed E-state index contributed by atoms with van der Waals surface area (Å²) in [6, 6.07) is 14.2. The zero-order valence-corrected chi connectivity index (χ0v) is 20.9.